The quantitative estimate of drug-likeness (QED) is 0.579. The molecule has 0 saturated carbocycles. The summed E-state index contributed by atoms with van der Waals surface area (Å²) in [5, 5.41) is 23.9. The van der Waals surface area contributed by atoms with E-state index < -0.39 is 4.92 Å². The second kappa shape index (κ2) is 7.24. The Hall–Kier alpha value is -1.86. The molecule has 1 aromatic carbocycles. The van der Waals surface area contributed by atoms with Gasteiger partial charge in [-0.15, -0.1) is 0 Å². The average Bonchev–Trinajstić information content (AvgIpc) is 2.99. The minimum Gasteiger partial charge on any atom is -0.497 e. The predicted octanol–water partition coefficient (Wildman–Crippen LogP) is 1.15. The third-order valence-electron chi connectivity index (χ3n) is 3.69. The van der Waals surface area contributed by atoms with Gasteiger partial charge in [-0.3, -0.25) is 10.1 Å². The standard InChI is InChI=1S/C14H21N3O4/c1-21-12-4-5-13(17(19)20)14(9-12)16(7-8-18)10-11-3-2-6-15-11/h4-5,9,11,15,18H,2-3,6-8,10H2,1H3. The fourth-order valence-corrected chi connectivity index (χ4v) is 2.65. The van der Waals surface area contributed by atoms with Crippen LogP contribution < -0.4 is 15.0 Å². The lowest BCUT2D eigenvalue weighted by Crippen LogP contribution is -2.39. The fraction of sp³-hybridized carbons (Fsp3) is 0.571. The lowest BCUT2D eigenvalue weighted by atomic mass is 10.1. The molecule has 2 rings (SSSR count). The number of hydrogen-bond donors (Lipinski definition) is 2. The van der Waals surface area contributed by atoms with Crippen LogP contribution in [0.3, 0.4) is 0 Å². The summed E-state index contributed by atoms with van der Waals surface area (Å²) in [6.45, 7) is 1.90. The summed E-state index contributed by atoms with van der Waals surface area (Å²) < 4.78 is 5.16. The van der Waals surface area contributed by atoms with Gasteiger partial charge in [0.2, 0.25) is 0 Å². The summed E-state index contributed by atoms with van der Waals surface area (Å²) in [4.78, 5) is 12.7. The van der Waals surface area contributed by atoms with E-state index in [2.05, 4.69) is 5.32 Å². The van der Waals surface area contributed by atoms with Gasteiger partial charge in [0, 0.05) is 31.3 Å². The first kappa shape index (κ1) is 15.5. The van der Waals surface area contributed by atoms with Gasteiger partial charge in [0.25, 0.3) is 5.69 Å². The van der Waals surface area contributed by atoms with Gasteiger partial charge in [0.15, 0.2) is 0 Å². The molecule has 1 saturated heterocycles. The molecular formula is C14H21N3O4. The molecule has 1 heterocycles. The molecule has 1 aliphatic heterocycles. The Morgan fingerprint density at radius 2 is 2.38 bits per heavy atom. The molecule has 1 atom stereocenters. The van der Waals surface area contributed by atoms with Gasteiger partial charge < -0.3 is 20.1 Å². The number of aliphatic hydroxyl groups is 1. The first-order valence-corrected chi connectivity index (χ1v) is 7.07. The second-order valence-corrected chi connectivity index (χ2v) is 5.07. The summed E-state index contributed by atoms with van der Waals surface area (Å²) in [6, 6.07) is 4.97. The molecule has 1 aliphatic rings. The van der Waals surface area contributed by atoms with Crippen molar-refractivity contribution in [2.45, 2.75) is 18.9 Å². The Balaban J connectivity index is 2.29. The molecule has 21 heavy (non-hydrogen) atoms. The highest BCUT2D eigenvalue weighted by molar-refractivity contribution is 5.66. The SMILES string of the molecule is COc1ccc([N+](=O)[O-])c(N(CCO)CC2CCCN2)c1. The van der Waals surface area contributed by atoms with Crippen molar-refractivity contribution >= 4 is 11.4 Å². The summed E-state index contributed by atoms with van der Waals surface area (Å²) in [5.74, 6) is 0.568. The maximum absolute atomic E-state index is 11.2. The number of ether oxygens (including phenoxy) is 1. The van der Waals surface area contributed by atoms with Crippen LogP contribution in [-0.4, -0.2) is 49.4 Å². The van der Waals surface area contributed by atoms with Crippen molar-refractivity contribution in [3.05, 3.63) is 28.3 Å². The minimum atomic E-state index is -0.402. The molecule has 0 amide bonds. The molecule has 116 valence electrons. The number of nitro groups is 1. The molecule has 1 fully saturated rings. The van der Waals surface area contributed by atoms with E-state index in [0.717, 1.165) is 19.4 Å². The number of methoxy groups -OCH3 is 1. The third-order valence-corrected chi connectivity index (χ3v) is 3.69. The maximum Gasteiger partial charge on any atom is 0.292 e. The monoisotopic (exact) mass is 295 g/mol. The number of anilines is 1. The number of nitro benzene ring substituents is 1. The van der Waals surface area contributed by atoms with Crippen molar-refractivity contribution in [3.8, 4) is 5.75 Å². The van der Waals surface area contributed by atoms with Crippen molar-refractivity contribution in [3.63, 3.8) is 0 Å². The highest BCUT2D eigenvalue weighted by Crippen LogP contribution is 2.32. The zero-order valence-corrected chi connectivity index (χ0v) is 12.1. The summed E-state index contributed by atoms with van der Waals surface area (Å²) in [5.41, 5.74) is 0.518. The first-order chi connectivity index (χ1) is 10.2. The number of hydrogen-bond acceptors (Lipinski definition) is 6. The van der Waals surface area contributed by atoms with Crippen LogP contribution in [0, 0.1) is 10.1 Å². The Morgan fingerprint density at radius 1 is 1.57 bits per heavy atom. The number of benzene rings is 1. The first-order valence-electron chi connectivity index (χ1n) is 7.07. The fourth-order valence-electron chi connectivity index (χ4n) is 2.65. The van der Waals surface area contributed by atoms with Crippen molar-refractivity contribution in [1.29, 1.82) is 0 Å². The predicted molar refractivity (Wildman–Crippen MR) is 80.0 cm³/mol. The van der Waals surface area contributed by atoms with Crippen molar-refractivity contribution in [1.82, 2.24) is 5.32 Å². The Kier molecular flexibility index (Phi) is 5.35. The molecular weight excluding hydrogens is 274 g/mol. The lowest BCUT2D eigenvalue weighted by molar-refractivity contribution is -0.384. The van der Waals surface area contributed by atoms with Crippen molar-refractivity contribution in [2.24, 2.45) is 0 Å². The van der Waals surface area contributed by atoms with E-state index in [1.165, 1.54) is 13.2 Å². The van der Waals surface area contributed by atoms with Crippen LogP contribution >= 0.6 is 0 Å². The van der Waals surface area contributed by atoms with Gasteiger partial charge >= 0.3 is 0 Å². The second-order valence-electron chi connectivity index (χ2n) is 5.07. The Labute approximate surface area is 123 Å². The molecule has 1 unspecified atom stereocenters. The van der Waals surface area contributed by atoms with E-state index in [0.29, 0.717) is 30.6 Å². The zero-order chi connectivity index (χ0) is 15.2. The average molecular weight is 295 g/mol. The molecule has 0 radical (unpaired) electrons. The van der Waals surface area contributed by atoms with Crippen LogP contribution in [0.25, 0.3) is 0 Å². The van der Waals surface area contributed by atoms with E-state index in [4.69, 9.17) is 4.74 Å². The lowest BCUT2D eigenvalue weighted by Gasteiger charge is -2.27. The van der Waals surface area contributed by atoms with Gasteiger partial charge in [-0.2, -0.15) is 0 Å². The summed E-state index contributed by atoms with van der Waals surface area (Å²) >= 11 is 0. The number of rotatable bonds is 7. The maximum atomic E-state index is 11.2. The highest BCUT2D eigenvalue weighted by Gasteiger charge is 2.24. The summed E-state index contributed by atoms with van der Waals surface area (Å²) in [7, 11) is 1.53. The highest BCUT2D eigenvalue weighted by atomic mass is 16.6. The minimum absolute atomic E-state index is 0.0299. The van der Waals surface area contributed by atoms with Crippen molar-refractivity contribution < 1.29 is 14.8 Å². The van der Waals surface area contributed by atoms with Crippen LogP contribution in [0.15, 0.2) is 18.2 Å². The van der Waals surface area contributed by atoms with Gasteiger partial charge in [0.1, 0.15) is 11.4 Å². The van der Waals surface area contributed by atoms with Crippen LogP contribution in [0.4, 0.5) is 11.4 Å². The number of aliphatic hydroxyl groups excluding tert-OH is 1. The smallest absolute Gasteiger partial charge is 0.292 e. The zero-order valence-electron chi connectivity index (χ0n) is 12.1. The molecule has 2 N–H and O–H groups in total. The van der Waals surface area contributed by atoms with Gasteiger partial charge in [-0.25, -0.2) is 0 Å². The van der Waals surface area contributed by atoms with Crippen LogP contribution in [0.2, 0.25) is 0 Å². The molecule has 1 aromatic rings. The van der Waals surface area contributed by atoms with E-state index in [9.17, 15) is 15.2 Å². The van der Waals surface area contributed by atoms with Crippen molar-refractivity contribution in [2.75, 3.05) is 38.3 Å². The van der Waals surface area contributed by atoms with E-state index in [1.54, 1.807) is 12.1 Å². The van der Waals surface area contributed by atoms with Gasteiger partial charge in [0.05, 0.1) is 18.6 Å². The normalized spacial score (nSPS) is 17.7. The van der Waals surface area contributed by atoms with E-state index in [1.807, 2.05) is 4.90 Å². The number of nitrogens with one attached hydrogen (secondary N) is 1. The van der Waals surface area contributed by atoms with Gasteiger partial charge in [-0.05, 0) is 25.5 Å². The molecule has 0 spiro atoms. The number of nitrogens with zero attached hydrogens (tertiary/aromatic N) is 2. The van der Waals surface area contributed by atoms with Crippen LogP contribution in [0.5, 0.6) is 5.75 Å². The Bertz CT molecular complexity index is 489. The van der Waals surface area contributed by atoms with E-state index in [-0.39, 0.29) is 12.3 Å². The molecule has 7 heteroatoms. The van der Waals surface area contributed by atoms with E-state index >= 15 is 0 Å². The van der Waals surface area contributed by atoms with Gasteiger partial charge in [-0.1, -0.05) is 0 Å². The molecule has 0 aromatic heterocycles. The Morgan fingerprint density at radius 3 is 2.95 bits per heavy atom. The molecule has 7 nitrogen and oxygen atoms in total. The molecule has 0 aliphatic carbocycles. The van der Waals surface area contributed by atoms with Crippen LogP contribution in [0.1, 0.15) is 12.8 Å². The third kappa shape index (κ3) is 3.83. The largest absolute Gasteiger partial charge is 0.497 e. The molecule has 0 bridgehead atoms. The van der Waals surface area contributed by atoms with Crippen LogP contribution in [-0.2, 0) is 0 Å². The topological polar surface area (TPSA) is 87.9 Å². The summed E-state index contributed by atoms with van der Waals surface area (Å²) in [6.07, 6.45) is 2.15.